The fraction of sp³-hybridized carbons (Fsp3) is 0.462. The van der Waals surface area contributed by atoms with Gasteiger partial charge in [-0.2, -0.15) is 0 Å². The molecule has 1 rings (SSSR count). The van der Waals surface area contributed by atoms with Crippen LogP contribution in [0, 0.1) is 0 Å². The highest BCUT2D eigenvalue weighted by molar-refractivity contribution is 5.91. The number of amides is 1. The average molecular weight is 253 g/mol. The molecule has 0 heterocycles. The van der Waals surface area contributed by atoms with E-state index < -0.39 is 0 Å². The van der Waals surface area contributed by atoms with Gasteiger partial charge in [-0.1, -0.05) is 0 Å². The molecule has 0 aliphatic rings. The first-order valence-electron chi connectivity index (χ1n) is 6.18. The number of benzene rings is 1. The van der Waals surface area contributed by atoms with Crippen LogP contribution in [0.25, 0.3) is 0 Å². The molecule has 18 heavy (non-hydrogen) atoms. The molecule has 0 aliphatic heterocycles. The molecule has 5 heteroatoms. The van der Waals surface area contributed by atoms with Crippen molar-refractivity contribution in [1.82, 2.24) is 0 Å². The van der Waals surface area contributed by atoms with E-state index in [2.05, 4.69) is 5.32 Å². The van der Waals surface area contributed by atoms with Crippen LogP contribution in [0.5, 0.6) is 11.5 Å². The average Bonchev–Trinajstić information content (AvgIpc) is 2.33. The highest BCUT2D eigenvalue weighted by Gasteiger charge is 2.08. The molecule has 0 aromatic heterocycles. The van der Waals surface area contributed by atoms with Gasteiger partial charge in [0.2, 0.25) is 0 Å². The highest BCUT2D eigenvalue weighted by atomic mass is 16.5. The Kier molecular flexibility index (Phi) is 6.00. The summed E-state index contributed by atoms with van der Waals surface area (Å²) in [5.74, 6) is 1.31. The van der Waals surface area contributed by atoms with Crippen LogP contribution in [-0.4, -0.2) is 32.7 Å². The van der Waals surface area contributed by atoms with Crippen molar-refractivity contribution in [3.8, 4) is 11.5 Å². The first-order chi connectivity index (χ1) is 8.71. The fourth-order valence-corrected chi connectivity index (χ4v) is 1.53. The van der Waals surface area contributed by atoms with Gasteiger partial charge in [0.25, 0.3) is 5.91 Å². The van der Waals surface area contributed by atoms with Crippen LogP contribution >= 0.6 is 0 Å². The second kappa shape index (κ2) is 7.55. The van der Waals surface area contributed by atoms with E-state index in [0.29, 0.717) is 36.9 Å². The molecule has 3 N–H and O–H groups in total. The Morgan fingerprint density at radius 2 is 1.89 bits per heavy atom. The summed E-state index contributed by atoms with van der Waals surface area (Å²) in [5.41, 5.74) is 0.716. The number of carbonyl (C=O) groups excluding carboxylic acids is 1. The standard InChI is InChI=1S/C13H20N2O3/c1-4-17-11-7-6-10(8-12(11)18-5-2)15-13(16)9-14-3/h6-8,14H,4-5,9H2,1-3H3,(H,15,16)/p+1. The molecule has 0 saturated heterocycles. The zero-order valence-electron chi connectivity index (χ0n) is 11.2. The topological polar surface area (TPSA) is 64.2 Å². The summed E-state index contributed by atoms with van der Waals surface area (Å²) < 4.78 is 10.9. The second-order valence-corrected chi connectivity index (χ2v) is 3.69. The Morgan fingerprint density at radius 1 is 1.22 bits per heavy atom. The number of hydrogen-bond donors (Lipinski definition) is 2. The maximum atomic E-state index is 11.5. The summed E-state index contributed by atoms with van der Waals surface area (Å²) in [6.07, 6.45) is 0. The number of nitrogens with one attached hydrogen (secondary N) is 1. The van der Waals surface area contributed by atoms with Crippen molar-refractivity contribution in [3.05, 3.63) is 18.2 Å². The molecule has 1 amide bonds. The second-order valence-electron chi connectivity index (χ2n) is 3.69. The van der Waals surface area contributed by atoms with Gasteiger partial charge in [0.05, 0.1) is 20.3 Å². The fourth-order valence-electron chi connectivity index (χ4n) is 1.53. The SMILES string of the molecule is CCOc1ccc(NC(=O)C[NH2+]C)cc1OCC. The zero-order chi connectivity index (χ0) is 13.4. The van der Waals surface area contributed by atoms with Gasteiger partial charge in [0.1, 0.15) is 0 Å². The lowest BCUT2D eigenvalue weighted by Crippen LogP contribution is -2.82. The van der Waals surface area contributed by atoms with E-state index in [1.54, 1.807) is 18.2 Å². The van der Waals surface area contributed by atoms with Crippen molar-refractivity contribution in [1.29, 1.82) is 0 Å². The van der Waals surface area contributed by atoms with Crippen LogP contribution in [-0.2, 0) is 4.79 Å². The summed E-state index contributed by atoms with van der Waals surface area (Å²) in [6.45, 7) is 5.36. The van der Waals surface area contributed by atoms with Crippen molar-refractivity contribution < 1.29 is 19.6 Å². The third-order valence-corrected chi connectivity index (χ3v) is 2.22. The number of likely N-dealkylation sites (N-methyl/N-ethyl adjacent to an activating group) is 1. The number of ether oxygens (including phenoxy) is 2. The molecule has 0 fully saturated rings. The molecular weight excluding hydrogens is 232 g/mol. The molecule has 5 nitrogen and oxygen atoms in total. The van der Waals surface area contributed by atoms with Crippen LogP contribution in [0.15, 0.2) is 18.2 Å². The lowest BCUT2D eigenvalue weighted by atomic mass is 10.2. The summed E-state index contributed by atoms with van der Waals surface area (Å²) in [5, 5.41) is 4.62. The molecule has 1 aromatic carbocycles. The third-order valence-electron chi connectivity index (χ3n) is 2.22. The van der Waals surface area contributed by atoms with E-state index in [4.69, 9.17) is 9.47 Å². The van der Waals surface area contributed by atoms with E-state index in [9.17, 15) is 4.79 Å². The van der Waals surface area contributed by atoms with Gasteiger partial charge >= 0.3 is 0 Å². The van der Waals surface area contributed by atoms with Crippen molar-refractivity contribution >= 4 is 11.6 Å². The number of rotatable bonds is 7. The highest BCUT2D eigenvalue weighted by Crippen LogP contribution is 2.30. The van der Waals surface area contributed by atoms with Gasteiger partial charge in [-0.15, -0.1) is 0 Å². The Bertz CT molecular complexity index is 394. The summed E-state index contributed by atoms with van der Waals surface area (Å²) in [7, 11) is 1.85. The minimum Gasteiger partial charge on any atom is -0.490 e. The van der Waals surface area contributed by atoms with Crippen molar-refractivity contribution in [2.45, 2.75) is 13.8 Å². The van der Waals surface area contributed by atoms with Crippen molar-refractivity contribution in [3.63, 3.8) is 0 Å². The number of nitrogens with two attached hydrogens (primary N) is 1. The number of anilines is 1. The molecule has 0 atom stereocenters. The van der Waals surface area contributed by atoms with Crippen LogP contribution < -0.4 is 20.1 Å². The molecule has 0 bridgehead atoms. The summed E-state index contributed by atoms with van der Waals surface area (Å²) in [4.78, 5) is 11.5. The Balaban J connectivity index is 2.81. The molecule has 0 saturated carbocycles. The van der Waals surface area contributed by atoms with Crippen LogP contribution in [0.3, 0.4) is 0 Å². The minimum atomic E-state index is -0.0379. The Labute approximate surface area is 107 Å². The Hall–Kier alpha value is -1.75. The largest absolute Gasteiger partial charge is 0.490 e. The number of hydrogen-bond acceptors (Lipinski definition) is 3. The van der Waals surface area contributed by atoms with Gasteiger partial charge in [-0.25, -0.2) is 0 Å². The Morgan fingerprint density at radius 3 is 2.50 bits per heavy atom. The number of carbonyl (C=O) groups is 1. The van der Waals surface area contributed by atoms with Gasteiger partial charge in [-0.05, 0) is 26.0 Å². The molecule has 0 unspecified atom stereocenters. The molecule has 0 spiro atoms. The van der Waals surface area contributed by atoms with E-state index >= 15 is 0 Å². The zero-order valence-corrected chi connectivity index (χ0v) is 11.2. The monoisotopic (exact) mass is 253 g/mol. The maximum absolute atomic E-state index is 11.5. The molecule has 1 aromatic rings. The lowest BCUT2D eigenvalue weighted by Gasteiger charge is -2.12. The first kappa shape index (κ1) is 14.3. The lowest BCUT2D eigenvalue weighted by molar-refractivity contribution is -0.615. The molecule has 0 aliphatic carbocycles. The normalized spacial score (nSPS) is 9.94. The minimum absolute atomic E-state index is 0.0379. The van der Waals surface area contributed by atoms with Gasteiger partial charge in [0, 0.05) is 11.8 Å². The van der Waals surface area contributed by atoms with E-state index in [0.717, 1.165) is 0 Å². The molecule has 0 radical (unpaired) electrons. The smallest absolute Gasteiger partial charge is 0.279 e. The predicted octanol–water partition coefficient (Wildman–Crippen LogP) is 0.616. The maximum Gasteiger partial charge on any atom is 0.279 e. The van der Waals surface area contributed by atoms with Crippen LogP contribution in [0.2, 0.25) is 0 Å². The quantitative estimate of drug-likeness (QED) is 0.748. The van der Waals surface area contributed by atoms with E-state index in [1.807, 2.05) is 26.2 Å². The van der Waals surface area contributed by atoms with Gasteiger partial charge in [0.15, 0.2) is 18.0 Å². The molecule has 100 valence electrons. The summed E-state index contributed by atoms with van der Waals surface area (Å²) >= 11 is 0. The van der Waals surface area contributed by atoms with Crippen molar-refractivity contribution in [2.24, 2.45) is 0 Å². The van der Waals surface area contributed by atoms with Gasteiger partial charge < -0.3 is 20.1 Å². The van der Waals surface area contributed by atoms with E-state index in [-0.39, 0.29) is 5.91 Å². The van der Waals surface area contributed by atoms with Gasteiger partial charge in [-0.3, -0.25) is 4.79 Å². The third kappa shape index (κ3) is 4.25. The van der Waals surface area contributed by atoms with E-state index in [1.165, 1.54) is 0 Å². The first-order valence-corrected chi connectivity index (χ1v) is 6.18. The number of quaternary nitrogens is 1. The van der Waals surface area contributed by atoms with Crippen molar-refractivity contribution in [2.75, 3.05) is 32.1 Å². The van der Waals surface area contributed by atoms with Crippen LogP contribution in [0.1, 0.15) is 13.8 Å². The summed E-state index contributed by atoms with van der Waals surface area (Å²) in [6, 6.07) is 5.39. The van der Waals surface area contributed by atoms with Crippen LogP contribution in [0.4, 0.5) is 5.69 Å². The molecular formula is C13H21N2O3+. The predicted molar refractivity (Wildman–Crippen MR) is 70.1 cm³/mol.